The summed E-state index contributed by atoms with van der Waals surface area (Å²) in [4.78, 5) is 28.0. The van der Waals surface area contributed by atoms with Crippen LogP contribution < -0.4 is 15.0 Å². The van der Waals surface area contributed by atoms with Crippen molar-refractivity contribution in [1.82, 2.24) is 14.3 Å². The van der Waals surface area contributed by atoms with Gasteiger partial charge in [-0.2, -0.15) is 0 Å². The molecule has 0 saturated heterocycles. The standard InChI is InChI=1S/C23H25N3O5S/c1-32(29,30)25-22(27)5-3-13-26-14-10-20(16-23(26)28)19-6-8-21(9-7-19)31-15-11-18-4-2-12-24-17-18/h2,4,6-10,12,14,16-17H,3,5,11,13,15H2,1H3,(H,25,27). The quantitative estimate of drug-likeness (QED) is 0.503. The van der Waals surface area contributed by atoms with Gasteiger partial charge in [-0.15, -0.1) is 0 Å². The molecule has 1 N–H and O–H groups in total. The largest absolute Gasteiger partial charge is 0.493 e. The smallest absolute Gasteiger partial charge is 0.251 e. The number of benzene rings is 1. The molecule has 0 aliphatic rings. The first kappa shape index (κ1) is 23.2. The van der Waals surface area contributed by atoms with E-state index in [1.54, 1.807) is 12.4 Å². The van der Waals surface area contributed by atoms with E-state index in [1.807, 2.05) is 53.4 Å². The second-order valence-corrected chi connectivity index (χ2v) is 9.08. The molecule has 0 aliphatic carbocycles. The van der Waals surface area contributed by atoms with Gasteiger partial charge in [-0.25, -0.2) is 8.42 Å². The van der Waals surface area contributed by atoms with Gasteiger partial charge in [-0.1, -0.05) is 18.2 Å². The van der Waals surface area contributed by atoms with Crippen LogP contribution in [0.15, 0.2) is 71.9 Å². The fraction of sp³-hybridized carbons (Fsp3) is 0.261. The first-order chi connectivity index (χ1) is 15.3. The van der Waals surface area contributed by atoms with Crippen molar-refractivity contribution >= 4 is 15.9 Å². The topological polar surface area (TPSA) is 107 Å². The number of amides is 1. The Morgan fingerprint density at radius 2 is 1.91 bits per heavy atom. The van der Waals surface area contributed by atoms with E-state index >= 15 is 0 Å². The van der Waals surface area contributed by atoms with Crippen molar-refractivity contribution in [3.8, 4) is 16.9 Å². The molecule has 3 aromatic rings. The van der Waals surface area contributed by atoms with Crippen molar-refractivity contribution < 1.29 is 17.9 Å². The number of hydrogen-bond donors (Lipinski definition) is 1. The van der Waals surface area contributed by atoms with Crippen LogP contribution in [0, 0.1) is 0 Å². The van der Waals surface area contributed by atoms with Crippen molar-refractivity contribution in [2.24, 2.45) is 0 Å². The lowest BCUT2D eigenvalue weighted by atomic mass is 10.1. The number of carbonyl (C=O) groups is 1. The number of nitrogens with zero attached hydrogens (tertiary/aromatic N) is 2. The summed E-state index contributed by atoms with van der Waals surface area (Å²) in [5, 5.41) is 0. The van der Waals surface area contributed by atoms with Gasteiger partial charge in [0, 0.05) is 44.0 Å². The van der Waals surface area contributed by atoms with Crippen LogP contribution in [0.1, 0.15) is 18.4 Å². The summed E-state index contributed by atoms with van der Waals surface area (Å²) >= 11 is 0. The van der Waals surface area contributed by atoms with Crippen LogP contribution in [0.5, 0.6) is 5.75 Å². The average Bonchev–Trinajstić information content (AvgIpc) is 2.75. The molecule has 0 radical (unpaired) electrons. The molecule has 0 fully saturated rings. The lowest BCUT2D eigenvalue weighted by Crippen LogP contribution is -2.29. The van der Waals surface area contributed by atoms with Gasteiger partial charge in [-0.05, 0) is 47.4 Å². The lowest BCUT2D eigenvalue weighted by Gasteiger charge is -2.09. The molecule has 0 spiro atoms. The van der Waals surface area contributed by atoms with Crippen molar-refractivity contribution in [2.45, 2.75) is 25.8 Å². The number of hydrogen-bond acceptors (Lipinski definition) is 6. The Morgan fingerprint density at radius 3 is 2.56 bits per heavy atom. The third-order valence-electron chi connectivity index (χ3n) is 4.67. The molecule has 0 saturated carbocycles. The van der Waals surface area contributed by atoms with Gasteiger partial charge in [-0.3, -0.25) is 19.3 Å². The molecule has 0 aliphatic heterocycles. The molecule has 0 atom stereocenters. The van der Waals surface area contributed by atoms with E-state index in [1.165, 1.54) is 10.6 Å². The first-order valence-corrected chi connectivity index (χ1v) is 12.0. The van der Waals surface area contributed by atoms with Crippen LogP contribution in [0.25, 0.3) is 11.1 Å². The van der Waals surface area contributed by atoms with Crippen LogP contribution in [-0.4, -0.2) is 36.7 Å². The predicted octanol–water partition coefficient (Wildman–Crippen LogP) is 2.39. The summed E-state index contributed by atoms with van der Waals surface area (Å²) in [5.41, 5.74) is 2.59. The fourth-order valence-electron chi connectivity index (χ4n) is 3.12. The predicted molar refractivity (Wildman–Crippen MR) is 122 cm³/mol. The minimum Gasteiger partial charge on any atom is -0.493 e. The number of sulfonamides is 1. The summed E-state index contributed by atoms with van der Waals surface area (Å²) in [6, 6.07) is 14.8. The number of pyridine rings is 2. The number of ether oxygens (including phenoxy) is 1. The van der Waals surface area contributed by atoms with Crippen LogP contribution >= 0.6 is 0 Å². The molecule has 0 unspecified atom stereocenters. The second kappa shape index (κ2) is 10.7. The Kier molecular flexibility index (Phi) is 7.77. The number of aromatic nitrogens is 2. The van der Waals surface area contributed by atoms with Crippen LogP contribution in [0.3, 0.4) is 0 Å². The molecule has 2 aromatic heterocycles. The third-order valence-corrected chi connectivity index (χ3v) is 5.27. The van der Waals surface area contributed by atoms with E-state index in [9.17, 15) is 18.0 Å². The van der Waals surface area contributed by atoms with Crippen molar-refractivity contribution in [3.05, 3.63) is 83.0 Å². The Morgan fingerprint density at radius 1 is 1.12 bits per heavy atom. The second-order valence-electron chi connectivity index (χ2n) is 7.33. The van der Waals surface area contributed by atoms with E-state index in [0.29, 0.717) is 19.6 Å². The van der Waals surface area contributed by atoms with E-state index in [4.69, 9.17) is 4.74 Å². The van der Waals surface area contributed by atoms with Crippen LogP contribution in [0.2, 0.25) is 0 Å². The molecule has 2 heterocycles. The van der Waals surface area contributed by atoms with Gasteiger partial charge in [0.15, 0.2) is 0 Å². The van der Waals surface area contributed by atoms with Gasteiger partial charge in [0.2, 0.25) is 15.9 Å². The van der Waals surface area contributed by atoms with Gasteiger partial charge < -0.3 is 9.30 Å². The highest BCUT2D eigenvalue weighted by atomic mass is 32.2. The number of rotatable bonds is 10. The Bertz CT molecular complexity index is 1210. The summed E-state index contributed by atoms with van der Waals surface area (Å²) in [6.07, 6.45) is 7.29. The maximum absolute atomic E-state index is 12.4. The van der Waals surface area contributed by atoms with Gasteiger partial charge >= 0.3 is 0 Å². The molecule has 8 nitrogen and oxygen atoms in total. The molecule has 0 bridgehead atoms. The Hall–Kier alpha value is -3.46. The third kappa shape index (κ3) is 7.35. The Balaban J connectivity index is 1.52. The van der Waals surface area contributed by atoms with E-state index < -0.39 is 15.9 Å². The monoisotopic (exact) mass is 455 g/mol. The van der Waals surface area contributed by atoms with Crippen molar-refractivity contribution in [3.63, 3.8) is 0 Å². The van der Waals surface area contributed by atoms with E-state index in [2.05, 4.69) is 4.98 Å². The molecule has 1 amide bonds. The van der Waals surface area contributed by atoms with E-state index in [-0.39, 0.29) is 12.0 Å². The highest BCUT2D eigenvalue weighted by Crippen LogP contribution is 2.21. The molecule has 9 heteroatoms. The molecular formula is C23H25N3O5S. The number of carbonyl (C=O) groups excluding carboxylic acids is 1. The highest BCUT2D eigenvalue weighted by Gasteiger charge is 2.08. The summed E-state index contributed by atoms with van der Waals surface area (Å²) in [5.74, 6) is 0.165. The maximum Gasteiger partial charge on any atom is 0.251 e. The average molecular weight is 456 g/mol. The number of aryl methyl sites for hydroxylation is 1. The maximum atomic E-state index is 12.4. The van der Waals surface area contributed by atoms with Crippen LogP contribution in [-0.2, 0) is 27.8 Å². The summed E-state index contributed by atoms with van der Waals surface area (Å²) < 4.78 is 31.2. The molecule has 3 rings (SSSR count). The highest BCUT2D eigenvalue weighted by molar-refractivity contribution is 7.89. The molecule has 1 aromatic carbocycles. The molecular weight excluding hydrogens is 430 g/mol. The van der Waals surface area contributed by atoms with Crippen molar-refractivity contribution in [1.29, 1.82) is 0 Å². The van der Waals surface area contributed by atoms with Gasteiger partial charge in [0.25, 0.3) is 5.56 Å². The zero-order valence-electron chi connectivity index (χ0n) is 17.7. The lowest BCUT2D eigenvalue weighted by molar-refractivity contribution is -0.119. The molecule has 168 valence electrons. The fourth-order valence-corrected chi connectivity index (χ4v) is 3.63. The summed E-state index contributed by atoms with van der Waals surface area (Å²) in [6.45, 7) is 0.864. The van der Waals surface area contributed by atoms with Crippen molar-refractivity contribution in [2.75, 3.05) is 12.9 Å². The Labute approximate surface area is 186 Å². The first-order valence-electron chi connectivity index (χ1n) is 10.1. The molecule has 32 heavy (non-hydrogen) atoms. The van der Waals surface area contributed by atoms with Gasteiger partial charge in [0.05, 0.1) is 12.9 Å². The number of nitrogens with one attached hydrogen (secondary N) is 1. The summed E-state index contributed by atoms with van der Waals surface area (Å²) in [7, 11) is -3.56. The minimum absolute atomic E-state index is 0.0174. The van der Waals surface area contributed by atoms with Crippen LogP contribution in [0.4, 0.5) is 0 Å². The zero-order valence-corrected chi connectivity index (χ0v) is 18.5. The minimum atomic E-state index is -3.56. The SMILES string of the molecule is CS(=O)(=O)NC(=O)CCCn1ccc(-c2ccc(OCCc3cccnc3)cc2)cc1=O. The van der Waals surface area contributed by atoms with E-state index in [0.717, 1.165) is 35.1 Å². The van der Waals surface area contributed by atoms with Gasteiger partial charge in [0.1, 0.15) is 5.75 Å². The zero-order chi connectivity index (χ0) is 23.0. The normalized spacial score (nSPS) is 11.2.